The number of unbranched alkanes of at least 4 members (excludes halogenated alkanes) is 27. The SMILES string of the molecule is CCCCCCCCCCCCC(=O)O.CCCCCCCCCCCCC(=O)O.CCCCCCCCCCCCC(=O)O.[Y]. The van der Waals surface area contributed by atoms with Gasteiger partial charge in [0.2, 0.25) is 0 Å². The summed E-state index contributed by atoms with van der Waals surface area (Å²) in [6.45, 7) is 6.72. The van der Waals surface area contributed by atoms with Crippen LogP contribution in [-0.2, 0) is 47.1 Å². The Balaban J connectivity index is -0.000000285. The van der Waals surface area contributed by atoms with Crippen molar-refractivity contribution in [3.63, 3.8) is 0 Å². The summed E-state index contributed by atoms with van der Waals surface area (Å²) in [5, 5.41) is 25.3. The van der Waals surface area contributed by atoms with E-state index in [0.29, 0.717) is 19.3 Å². The van der Waals surface area contributed by atoms with Crippen LogP contribution in [0, 0.1) is 0 Å². The van der Waals surface area contributed by atoms with Gasteiger partial charge in [0.15, 0.2) is 0 Å². The summed E-state index contributed by atoms with van der Waals surface area (Å²) >= 11 is 0. The Morgan fingerprint density at radius 3 is 0.543 bits per heavy atom. The van der Waals surface area contributed by atoms with E-state index in [-0.39, 0.29) is 32.7 Å². The molecular formula is C39H78O6Y. The van der Waals surface area contributed by atoms with Crippen molar-refractivity contribution in [2.75, 3.05) is 0 Å². The van der Waals surface area contributed by atoms with E-state index in [1.807, 2.05) is 0 Å². The predicted molar refractivity (Wildman–Crippen MR) is 192 cm³/mol. The number of carboxylic acid groups (broad SMARTS) is 3. The van der Waals surface area contributed by atoms with Gasteiger partial charge < -0.3 is 15.3 Å². The Morgan fingerprint density at radius 1 is 0.283 bits per heavy atom. The first-order valence-electron chi connectivity index (χ1n) is 19.5. The molecule has 0 aliphatic heterocycles. The van der Waals surface area contributed by atoms with Gasteiger partial charge in [0, 0.05) is 52.0 Å². The quantitative estimate of drug-likeness (QED) is 0.0579. The Labute approximate surface area is 311 Å². The van der Waals surface area contributed by atoms with Gasteiger partial charge in [-0.2, -0.15) is 0 Å². The zero-order valence-corrected chi connectivity index (χ0v) is 33.8. The van der Waals surface area contributed by atoms with E-state index < -0.39 is 17.9 Å². The topological polar surface area (TPSA) is 112 Å². The fourth-order valence-corrected chi connectivity index (χ4v) is 5.29. The van der Waals surface area contributed by atoms with E-state index in [1.165, 1.54) is 154 Å². The summed E-state index contributed by atoms with van der Waals surface area (Å²) in [5.74, 6) is -1.97. The van der Waals surface area contributed by atoms with Crippen molar-refractivity contribution in [2.45, 2.75) is 233 Å². The molecule has 0 aromatic carbocycles. The number of aliphatic carboxylic acids is 3. The normalized spacial score (nSPS) is 10.2. The smallest absolute Gasteiger partial charge is 0.303 e. The van der Waals surface area contributed by atoms with Gasteiger partial charge in [0.1, 0.15) is 0 Å². The standard InChI is InChI=1S/3C13H26O2.Y/c3*1-2-3-4-5-6-7-8-9-10-11-12-13(14)15;/h3*2-12H2,1H3,(H,14,15);. The van der Waals surface area contributed by atoms with Crippen molar-refractivity contribution in [3.8, 4) is 0 Å². The Morgan fingerprint density at radius 2 is 0.413 bits per heavy atom. The third-order valence-electron chi connectivity index (χ3n) is 8.23. The zero-order chi connectivity index (χ0) is 34.1. The summed E-state index contributed by atoms with van der Waals surface area (Å²) in [4.78, 5) is 30.7. The van der Waals surface area contributed by atoms with Crippen LogP contribution in [0.1, 0.15) is 233 Å². The average molecular weight is 732 g/mol. The molecule has 0 unspecified atom stereocenters. The molecule has 0 fully saturated rings. The average Bonchev–Trinajstić information content (AvgIpc) is 3.00. The van der Waals surface area contributed by atoms with Gasteiger partial charge in [-0.3, -0.25) is 14.4 Å². The van der Waals surface area contributed by atoms with Crippen LogP contribution in [0.4, 0.5) is 0 Å². The van der Waals surface area contributed by atoms with Crippen molar-refractivity contribution < 1.29 is 62.4 Å². The summed E-state index contributed by atoms with van der Waals surface area (Å²) in [6.07, 6.45) is 38.7. The van der Waals surface area contributed by atoms with Crippen LogP contribution in [-0.4, -0.2) is 33.2 Å². The molecule has 3 N–H and O–H groups in total. The maximum Gasteiger partial charge on any atom is 0.303 e. The van der Waals surface area contributed by atoms with Crippen LogP contribution < -0.4 is 0 Å². The molecular weight excluding hydrogens is 653 g/mol. The van der Waals surface area contributed by atoms with Crippen molar-refractivity contribution >= 4 is 17.9 Å². The number of carbonyl (C=O) groups is 3. The van der Waals surface area contributed by atoms with E-state index >= 15 is 0 Å². The van der Waals surface area contributed by atoms with Gasteiger partial charge in [-0.05, 0) is 19.3 Å². The van der Waals surface area contributed by atoms with Crippen LogP contribution in [0.5, 0.6) is 0 Å². The third-order valence-corrected chi connectivity index (χ3v) is 8.23. The minimum absolute atomic E-state index is 0. The van der Waals surface area contributed by atoms with E-state index in [9.17, 15) is 14.4 Å². The molecule has 0 aliphatic carbocycles. The fourth-order valence-electron chi connectivity index (χ4n) is 5.29. The molecule has 0 amide bonds. The van der Waals surface area contributed by atoms with Gasteiger partial charge in [-0.1, -0.05) is 194 Å². The largest absolute Gasteiger partial charge is 0.481 e. The molecule has 273 valence electrons. The van der Waals surface area contributed by atoms with Crippen LogP contribution in [0.25, 0.3) is 0 Å². The van der Waals surface area contributed by atoms with Gasteiger partial charge in [-0.15, -0.1) is 0 Å². The first-order chi connectivity index (χ1) is 21.8. The summed E-state index contributed by atoms with van der Waals surface area (Å²) in [7, 11) is 0. The molecule has 0 saturated heterocycles. The fraction of sp³-hybridized carbons (Fsp3) is 0.923. The Hall–Kier alpha value is -0.486. The van der Waals surface area contributed by atoms with Gasteiger partial charge in [0.05, 0.1) is 0 Å². The van der Waals surface area contributed by atoms with E-state index in [0.717, 1.165) is 38.5 Å². The van der Waals surface area contributed by atoms with Gasteiger partial charge >= 0.3 is 17.9 Å². The van der Waals surface area contributed by atoms with Crippen LogP contribution >= 0.6 is 0 Å². The van der Waals surface area contributed by atoms with E-state index in [2.05, 4.69) is 20.8 Å². The molecule has 0 atom stereocenters. The molecule has 0 aromatic heterocycles. The second-order valence-electron chi connectivity index (χ2n) is 13.0. The molecule has 6 nitrogen and oxygen atoms in total. The monoisotopic (exact) mass is 731 g/mol. The van der Waals surface area contributed by atoms with E-state index in [4.69, 9.17) is 15.3 Å². The predicted octanol–water partition coefficient (Wildman–Crippen LogP) is 13.1. The first-order valence-corrected chi connectivity index (χ1v) is 19.5. The van der Waals surface area contributed by atoms with Crippen molar-refractivity contribution in [1.29, 1.82) is 0 Å². The number of hydrogen-bond donors (Lipinski definition) is 3. The second kappa shape index (κ2) is 48.9. The summed E-state index contributed by atoms with van der Waals surface area (Å²) in [5.41, 5.74) is 0. The molecule has 0 spiro atoms. The third kappa shape index (κ3) is 62.4. The van der Waals surface area contributed by atoms with Crippen LogP contribution in [0.15, 0.2) is 0 Å². The van der Waals surface area contributed by atoms with Gasteiger partial charge in [0.25, 0.3) is 0 Å². The molecule has 46 heavy (non-hydrogen) atoms. The van der Waals surface area contributed by atoms with Crippen molar-refractivity contribution in [2.24, 2.45) is 0 Å². The zero-order valence-electron chi connectivity index (χ0n) is 31.0. The molecule has 1 radical (unpaired) electrons. The second-order valence-corrected chi connectivity index (χ2v) is 13.0. The molecule has 7 heteroatoms. The number of rotatable bonds is 33. The molecule has 0 saturated carbocycles. The van der Waals surface area contributed by atoms with Crippen molar-refractivity contribution in [3.05, 3.63) is 0 Å². The number of carboxylic acids is 3. The Bertz CT molecular complexity index is 518. The van der Waals surface area contributed by atoms with Crippen LogP contribution in [0.2, 0.25) is 0 Å². The van der Waals surface area contributed by atoms with Crippen molar-refractivity contribution in [1.82, 2.24) is 0 Å². The molecule has 0 bridgehead atoms. The minimum Gasteiger partial charge on any atom is -0.481 e. The Kier molecular flexibility index (Phi) is 55.6. The molecule has 0 rings (SSSR count). The van der Waals surface area contributed by atoms with E-state index in [1.54, 1.807) is 0 Å². The molecule has 0 aliphatic rings. The summed E-state index contributed by atoms with van der Waals surface area (Å²) < 4.78 is 0. The first kappa shape index (κ1) is 52.3. The maximum atomic E-state index is 10.2. The van der Waals surface area contributed by atoms with Gasteiger partial charge in [-0.25, -0.2) is 0 Å². The maximum absolute atomic E-state index is 10.2. The molecule has 0 heterocycles. The minimum atomic E-state index is -0.658. The summed E-state index contributed by atoms with van der Waals surface area (Å²) in [6, 6.07) is 0. The van der Waals surface area contributed by atoms with Crippen LogP contribution in [0.3, 0.4) is 0 Å². The number of hydrogen-bond acceptors (Lipinski definition) is 3. The molecule has 0 aromatic rings.